The van der Waals surface area contributed by atoms with Gasteiger partial charge in [-0.25, -0.2) is 8.42 Å². The maximum Gasteiger partial charge on any atom is 0.251 e. The molecule has 7 nitrogen and oxygen atoms in total. The van der Waals surface area contributed by atoms with Crippen LogP contribution in [0.3, 0.4) is 0 Å². The Bertz CT molecular complexity index is 1290. The first-order valence-corrected chi connectivity index (χ1v) is 12.5. The van der Waals surface area contributed by atoms with Gasteiger partial charge >= 0.3 is 0 Å². The molecule has 0 atom stereocenters. The summed E-state index contributed by atoms with van der Waals surface area (Å²) in [6.45, 7) is 1.15. The zero-order valence-corrected chi connectivity index (χ0v) is 20.1. The molecule has 1 heterocycles. The minimum Gasteiger partial charge on any atom is -0.493 e. The van der Waals surface area contributed by atoms with Crippen molar-refractivity contribution in [3.8, 4) is 11.5 Å². The van der Waals surface area contributed by atoms with E-state index in [4.69, 9.17) is 9.47 Å². The first-order valence-electron chi connectivity index (χ1n) is 11.1. The van der Waals surface area contributed by atoms with Crippen molar-refractivity contribution in [2.45, 2.75) is 24.3 Å². The van der Waals surface area contributed by atoms with Crippen molar-refractivity contribution in [2.75, 3.05) is 27.3 Å². The van der Waals surface area contributed by atoms with Crippen LogP contribution in [0.25, 0.3) is 0 Å². The Morgan fingerprint density at radius 3 is 2.47 bits per heavy atom. The molecule has 34 heavy (non-hydrogen) atoms. The number of rotatable bonds is 8. The zero-order chi connectivity index (χ0) is 24.1. The predicted molar refractivity (Wildman–Crippen MR) is 130 cm³/mol. The van der Waals surface area contributed by atoms with E-state index in [-0.39, 0.29) is 10.8 Å². The second kappa shape index (κ2) is 10.3. The van der Waals surface area contributed by atoms with Gasteiger partial charge in [0.25, 0.3) is 5.91 Å². The second-order valence-corrected chi connectivity index (χ2v) is 10.0. The van der Waals surface area contributed by atoms with E-state index in [2.05, 4.69) is 5.32 Å². The predicted octanol–water partition coefficient (Wildman–Crippen LogP) is 3.42. The molecule has 0 saturated carbocycles. The smallest absolute Gasteiger partial charge is 0.251 e. The Balaban J connectivity index is 1.41. The first kappa shape index (κ1) is 23.8. The fraction of sp³-hybridized carbons (Fsp3) is 0.269. The van der Waals surface area contributed by atoms with Gasteiger partial charge < -0.3 is 14.8 Å². The van der Waals surface area contributed by atoms with Crippen LogP contribution in [0, 0.1) is 0 Å². The molecule has 3 aromatic rings. The van der Waals surface area contributed by atoms with Crippen molar-refractivity contribution >= 4 is 15.9 Å². The topological polar surface area (TPSA) is 84.9 Å². The van der Waals surface area contributed by atoms with Gasteiger partial charge in [-0.1, -0.05) is 36.4 Å². The van der Waals surface area contributed by atoms with Crippen molar-refractivity contribution in [1.82, 2.24) is 9.62 Å². The average molecular weight is 481 g/mol. The summed E-state index contributed by atoms with van der Waals surface area (Å²) in [6.07, 6.45) is 1.27. The van der Waals surface area contributed by atoms with E-state index in [0.717, 1.165) is 11.1 Å². The number of nitrogens with zero attached hydrogens (tertiary/aromatic N) is 1. The Morgan fingerprint density at radius 2 is 1.71 bits per heavy atom. The molecule has 0 aromatic heterocycles. The number of carbonyl (C=O) groups is 1. The molecular formula is C26H28N2O5S. The summed E-state index contributed by atoms with van der Waals surface area (Å²) in [5.41, 5.74) is 3.49. The Hall–Kier alpha value is -3.36. The second-order valence-electron chi connectivity index (χ2n) is 8.08. The highest BCUT2D eigenvalue weighted by atomic mass is 32.2. The van der Waals surface area contributed by atoms with Gasteiger partial charge in [0, 0.05) is 25.2 Å². The Morgan fingerprint density at radius 1 is 0.941 bits per heavy atom. The molecule has 0 saturated heterocycles. The molecule has 1 amide bonds. The lowest BCUT2D eigenvalue weighted by Crippen LogP contribution is -2.36. The fourth-order valence-corrected chi connectivity index (χ4v) is 5.55. The molecule has 0 spiro atoms. The number of sulfonamides is 1. The van der Waals surface area contributed by atoms with Crippen molar-refractivity contribution in [1.29, 1.82) is 0 Å². The number of benzene rings is 3. The molecule has 1 aliphatic rings. The van der Waals surface area contributed by atoms with Crippen molar-refractivity contribution in [3.05, 3.63) is 89.0 Å². The summed E-state index contributed by atoms with van der Waals surface area (Å²) in [5.74, 6) is 0.955. The van der Waals surface area contributed by atoms with Crippen molar-refractivity contribution in [2.24, 2.45) is 0 Å². The van der Waals surface area contributed by atoms with Gasteiger partial charge in [-0.05, 0) is 59.9 Å². The minimum atomic E-state index is -3.71. The molecule has 0 fully saturated rings. The van der Waals surface area contributed by atoms with E-state index in [1.165, 1.54) is 22.0 Å². The van der Waals surface area contributed by atoms with Crippen LogP contribution in [0.5, 0.6) is 11.5 Å². The van der Waals surface area contributed by atoms with E-state index in [1.54, 1.807) is 26.4 Å². The number of amides is 1. The molecule has 4 rings (SSSR count). The summed E-state index contributed by atoms with van der Waals surface area (Å²) in [7, 11) is -0.555. The van der Waals surface area contributed by atoms with E-state index in [0.29, 0.717) is 49.5 Å². The van der Waals surface area contributed by atoms with Gasteiger partial charge in [-0.2, -0.15) is 4.31 Å². The van der Waals surface area contributed by atoms with Crippen LogP contribution in [0.2, 0.25) is 0 Å². The van der Waals surface area contributed by atoms with Crippen LogP contribution in [0.1, 0.15) is 27.0 Å². The molecule has 3 aromatic carbocycles. The zero-order valence-electron chi connectivity index (χ0n) is 19.3. The quantitative estimate of drug-likeness (QED) is 0.534. The van der Waals surface area contributed by atoms with Crippen molar-refractivity contribution < 1.29 is 22.7 Å². The highest BCUT2D eigenvalue weighted by molar-refractivity contribution is 7.89. The maximum atomic E-state index is 13.3. The van der Waals surface area contributed by atoms with Gasteiger partial charge in [0.05, 0.1) is 19.1 Å². The van der Waals surface area contributed by atoms with Gasteiger partial charge in [0.1, 0.15) is 0 Å². The first-order chi connectivity index (χ1) is 16.4. The van der Waals surface area contributed by atoms with E-state index in [9.17, 15) is 13.2 Å². The molecule has 0 unspecified atom stereocenters. The van der Waals surface area contributed by atoms with E-state index in [1.807, 2.05) is 42.5 Å². The average Bonchev–Trinajstić information content (AvgIpc) is 2.88. The van der Waals surface area contributed by atoms with Gasteiger partial charge in [-0.3, -0.25) is 4.79 Å². The number of hydrogen-bond donors (Lipinski definition) is 1. The molecular weight excluding hydrogens is 452 g/mol. The van der Waals surface area contributed by atoms with E-state index < -0.39 is 10.0 Å². The lowest BCUT2D eigenvalue weighted by molar-refractivity contribution is 0.0954. The van der Waals surface area contributed by atoms with Gasteiger partial charge in [0.15, 0.2) is 11.5 Å². The SMILES string of the molecule is COc1ccc(CCNC(=O)c2cccc(S(=O)(=O)N3CCc4ccccc4C3)c2)cc1OC. The summed E-state index contributed by atoms with van der Waals surface area (Å²) in [5, 5.41) is 2.87. The van der Waals surface area contributed by atoms with Crippen molar-refractivity contribution in [3.63, 3.8) is 0 Å². The third kappa shape index (κ3) is 5.08. The minimum absolute atomic E-state index is 0.124. The number of ether oxygens (including phenoxy) is 2. The van der Waals surface area contributed by atoms with Crippen LogP contribution < -0.4 is 14.8 Å². The number of fused-ring (bicyclic) bond motifs is 1. The van der Waals surface area contributed by atoms with Crippen LogP contribution >= 0.6 is 0 Å². The normalized spacial score (nSPS) is 13.7. The number of carbonyl (C=O) groups excluding carboxylic acids is 1. The molecule has 1 aliphatic heterocycles. The van der Waals surface area contributed by atoms with E-state index >= 15 is 0 Å². The fourth-order valence-electron chi connectivity index (χ4n) is 4.08. The maximum absolute atomic E-state index is 13.3. The molecule has 8 heteroatoms. The lowest BCUT2D eigenvalue weighted by atomic mass is 10.0. The van der Waals surface area contributed by atoms with Gasteiger partial charge in [0.2, 0.25) is 10.0 Å². The largest absolute Gasteiger partial charge is 0.493 e. The number of hydrogen-bond acceptors (Lipinski definition) is 5. The summed E-state index contributed by atoms with van der Waals surface area (Å²) >= 11 is 0. The Kier molecular flexibility index (Phi) is 7.19. The third-order valence-corrected chi connectivity index (χ3v) is 7.82. The van der Waals surface area contributed by atoms with Crippen LogP contribution in [0.4, 0.5) is 0 Å². The molecule has 0 radical (unpaired) electrons. The monoisotopic (exact) mass is 480 g/mol. The lowest BCUT2D eigenvalue weighted by Gasteiger charge is -2.28. The van der Waals surface area contributed by atoms with Gasteiger partial charge in [-0.15, -0.1) is 0 Å². The molecule has 1 N–H and O–H groups in total. The van der Waals surface area contributed by atoms with Crippen LogP contribution in [-0.4, -0.2) is 45.9 Å². The summed E-state index contributed by atoms with van der Waals surface area (Å²) < 4.78 is 38.5. The summed E-state index contributed by atoms with van der Waals surface area (Å²) in [4.78, 5) is 12.8. The van der Waals surface area contributed by atoms with Crippen LogP contribution in [-0.2, 0) is 29.4 Å². The molecule has 0 aliphatic carbocycles. The molecule has 178 valence electrons. The van der Waals surface area contributed by atoms with Crippen LogP contribution in [0.15, 0.2) is 71.6 Å². The highest BCUT2D eigenvalue weighted by Crippen LogP contribution is 2.28. The standard InChI is InChI=1S/C26H28N2O5S/c1-32-24-11-10-19(16-25(24)33-2)12-14-27-26(29)21-8-5-9-23(17-21)34(30,31)28-15-13-20-6-3-4-7-22(20)18-28/h3-11,16-17H,12-15,18H2,1-2H3,(H,27,29). The third-order valence-electron chi connectivity index (χ3n) is 5.98. The Labute approximate surface area is 200 Å². The molecule has 0 bridgehead atoms. The highest BCUT2D eigenvalue weighted by Gasteiger charge is 2.28. The summed E-state index contributed by atoms with van der Waals surface area (Å²) in [6, 6.07) is 19.7. The number of nitrogens with one attached hydrogen (secondary N) is 1. The number of methoxy groups -OCH3 is 2.